The number of likely N-dealkylation sites (N-methyl/N-ethyl adjacent to an activating group) is 1. The van der Waals surface area contributed by atoms with Gasteiger partial charge in [-0.25, -0.2) is 19.6 Å². The molecule has 2 aromatic heterocycles. The highest BCUT2D eigenvalue weighted by Crippen LogP contribution is 2.17. The quantitative estimate of drug-likeness (QED) is 0.870. The third kappa shape index (κ3) is 3.39. The highest BCUT2D eigenvalue weighted by molar-refractivity contribution is 5.10. The summed E-state index contributed by atoms with van der Waals surface area (Å²) in [6, 6.07) is 2.39. The maximum atomic E-state index is 4.52. The maximum Gasteiger partial charge on any atom is 0.138 e. The number of aromatic nitrogens is 5. The van der Waals surface area contributed by atoms with Crippen molar-refractivity contribution >= 4 is 0 Å². The van der Waals surface area contributed by atoms with E-state index in [9.17, 15) is 0 Å². The summed E-state index contributed by atoms with van der Waals surface area (Å²) < 4.78 is 1.96. The molecule has 0 amide bonds. The molecule has 0 spiro atoms. The molecule has 1 unspecified atom stereocenters. The molecule has 0 aliphatic heterocycles. The van der Waals surface area contributed by atoms with Crippen LogP contribution in [0.15, 0.2) is 18.6 Å². The molecule has 0 aromatic carbocycles. The van der Waals surface area contributed by atoms with Gasteiger partial charge in [0.25, 0.3) is 0 Å². The van der Waals surface area contributed by atoms with E-state index >= 15 is 0 Å². The summed E-state index contributed by atoms with van der Waals surface area (Å²) in [5.41, 5.74) is 0.998. The van der Waals surface area contributed by atoms with Crippen molar-refractivity contribution in [1.29, 1.82) is 0 Å². The second-order valence-electron chi connectivity index (χ2n) is 5.06. The average molecular weight is 274 g/mol. The van der Waals surface area contributed by atoms with Crippen LogP contribution < -0.4 is 5.32 Å². The number of nitrogens with zero attached hydrogens (tertiary/aromatic N) is 5. The van der Waals surface area contributed by atoms with E-state index < -0.39 is 0 Å². The van der Waals surface area contributed by atoms with Gasteiger partial charge in [0.05, 0.1) is 11.7 Å². The zero-order valence-corrected chi connectivity index (χ0v) is 12.5. The number of hydrogen-bond donors (Lipinski definition) is 1. The molecular weight excluding hydrogens is 252 g/mol. The zero-order valence-electron chi connectivity index (χ0n) is 12.5. The molecular formula is C14H22N6. The first-order valence-electron chi connectivity index (χ1n) is 7.03. The molecule has 108 valence electrons. The number of rotatable bonds is 6. The topological polar surface area (TPSA) is 68.5 Å². The summed E-state index contributed by atoms with van der Waals surface area (Å²) in [4.78, 5) is 13.0. The van der Waals surface area contributed by atoms with E-state index in [4.69, 9.17) is 0 Å². The van der Waals surface area contributed by atoms with Gasteiger partial charge in [-0.3, -0.25) is 0 Å². The third-order valence-electron chi connectivity index (χ3n) is 3.13. The van der Waals surface area contributed by atoms with Crippen LogP contribution in [0.25, 0.3) is 0 Å². The van der Waals surface area contributed by atoms with Crippen molar-refractivity contribution in [3.05, 3.63) is 35.9 Å². The lowest BCUT2D eigenvalue weighted by Crippen LogP contribution is -2.26. The van der Waals surface area contributed by atoms with Crippen LogP contribution in [0.1, 0.15) is 50.2 Å². The van der Waals surface area contributed by atoms with Gasteiger partial charge in [0.1, 0.15) is 18.0 Å². The van der Waals surface area contributed by atoms with Gasteiger partial charge in [-0.05, 0) is 33.4 Å². The first kappa shape index (κ1) is 14.6. The highest BCUT2D eigenvalue weighted by Gasteiger charge is 2.17. The van der Waals surface area contributed by atoms with Crippen molar-refractivity contribution in [2.75, 3.05) is 6.54 Å². The molecule has 0 radical (unpaired) electrons. The molecule has 20 heavy (non-hydrogen) atoms. The Bertz CT molecular complexity index is 548. The standard InChI is InChI=1S/C14H22N6/c1-5-15-13(12-6-7-16-11(4)19-12)8-14-17-9-18-20(14)10(2)3/h6-7,9-10,13,15H,5,8H2,1-4H3. The normalized spacial score (nSPS) is 12.8. The molecule has 2 heterocycles. The monoisotopic (exact) mass is 274 g/mol. The van der Waals surface area contributed by atoms with E-state index in [1.807, 2.05) is 17.7 Å². The summed E-state index contributed by atoms with van der Waals surface area (Å²) in [5, 5.41) is 7.74. The molecule has 0 bridgehead atoms. The van der Waals surface area contributed by atoms with Crippen LogP contribution in [0.3, 0.4) is 0 Å². The van der Waals surface area contributed by atoms with Crippen molar-refractivity contribution in [3.8, 4) is 0 Å². The van der Waals surface area contributed by atoms with Crippen LogP contribution in [-0.4, -0.2) is 31.3 Å². The largest absolute Gasteiger partial charge is 0.309 e. The maximum absolute atomic E-state index is 4.52. The molecule has 6 nitrogen and oxygen atoms in total. The number of nitrogens with one attached hydrogen (secondary N) is 1. The van der Waals surface area contributed by atoms with Crippen LogP contribution in [0, 0.1) is 6.92 Å². The Morgan fingerprint density at radius 1 is 1.30 bits per heavy atom. The predicted octanol–water partition coefficient (Wildman–Crippen LogP) is 1.85. The lowest BCUT2D eigenvalue weighted by atomic mass is 10.1. The fourth-order valence-corrected chi connectivity index (χ4v) is 2.23. The fourth-order valence-electron chi connectivity index (χ4n) is 2.23. The van der Waals surface area contributed by atoms with E-state index in [1.54, 1.807) is 12.5 Å². The molecule has 2 rings (SSSR count). The molecule has 6 heteroatoms. The van der Waals surface area contributed by atoms with E-state index in [0.29, 0.717) is 6.04 Å². The Balaban J connectivity index is 2.23. The van der Waals surface area contributed by atoms with Crippen LogP contribution in [-0.2, 0) is 6.42 Å². The molecule has 0 fully saturated rings. The fraction of sp³-hybridized carbons (Fsp3) is 0.571. The Kier molecular flexibility index (Phi) is 4.79. The Labute approximate surface area is 119 Å². The third-order valence-corrected chi connectivity index (χ3v) is 3.13. The van der Waals surface area contributed by atoms with E-state index in [1.165, 1.54) is 0 Å². The van der Waals surface area contributed by atoms with Crippen molar-refractivity contribution in [2.45, 2.75) is 46.2 Å². The lowest BCUT2D eigenvalue weighted by Gasteiger charge is -2.18. The van der Waals surface area contributed by atoms with Gasteiger partial charge in [0, 0.05) is 18.7 Å². The minimum Gasteiger partial charge on any atom is -0.309 e. The van der Waals surface area contributed by atoms with Gasteiger partial charge >= 0.3 is 0 Å². The molecule has 0 saturated heterocycles. The molecule has 1 N–H and O–H groups in total. The van der Waals surface area contributed by atoms with Gasteiger partial charge in [0.15, 0.2) is 0 Å². The second kappa shape index (κ2) is 6.56. The first-order valence-corrected chi connectivity index (χ1v) is 7.03. The smallest absolute Gasteiger partial charge is 0.138 e. The molecule has 1 atom stereocenters. The van der Waals surface area contributed by atoms with E-state index in [0.717, 1.165) is 30.3 Å². The highest BCUT2D eigenvalue weighted by atomic mass is 15.3. The SMILES string of the molecule is CCNC(Cc1ncnn1C(C)C)c1ccnc(C)n1. The summed E-state index contributed by atoms with van der Waals surface area (Å²) in [6.45, 7) is 9.09. The van der Waals surface area contributed by atoms with Gasteiger partial charge in [-0.2, -0.15) is 5.10 Å². The summed E-state index contributed by atoms with van der Waals surface area (Å²) in [5.74, 6) is 1.76. The first-order chi connectivity index (χ1) is 9.61. The minimum atomic E-state index is 0.128. The Morgan fingerprint density at radius 3 is 2.75 bits per heavy atom. The van der Waals surface area contributed by atoms with Crippen LogP contribution in [0.4, 0.5) is 0 Å². The molecule has 0 aliphatic carbocycles. The van der Waals surface area contributed by atoms with Crippen molar-refractivity contribution in [2.24, 2.45) is 0 Å². The summed E-state index contributed by atoms with van der Waals surface area (Å²) in [6.07, 6.45) is 4.18. The molecule has 0 saturated carbocycles. The van der Waals surface area contributed by atoms with Gasteiger partial charge < -0.3 is 5.32 Å². The predicted molar refractivity (Wildman–Crippen MR) is 77.3 cm³/mol. The molecule has 0 aliphatic rings. The zero-order chi connectivity index (χ0) is 14.5. The van der Waals surface area contributed by atoms with E-state index in [2.05, 4.69) is 46.1 Å². The average Bonchev–Trinajstić information content (AvgIpc) is 2.86. The minimum absolute atomic E-state index is 0.128. The Morgan fingerprint density at radius 2 is 2.10 bits per heavy atom. The summed E-state index contributed by atoms with van der Waals surface area (Å²) >= 11 is 0. The number of hydrogen-bond acceptors (Lipinski definition) is 5. The van der Waals surface area contributed by atoms with Crippen LogP contribution in [0.5, 0.6) is 0 Å². The van der Waals surface area contributed by atoms with E-state index in [-0.39, 0.29) is 6.04 Å². The van der Waals surface area contributed by atoms with Crippen LogP contribution in [0.2, 0.25) is 0 Å². The summed E-state index contributed by atoms with van der Waals surface area (Å²) in [7, 11) is 0. The van der Waals surface area contributed by atoms with Crippen molar-refractivity contribution in [1.82, 2.24) is 30.0 Å². The van der Waals surface area contributed by atoms with Crippen LogP contribution >= 0.6 is 0 Å². The Hall–Kier alpha value is -1.82. The van der Waals surface area contributed by atoms with Crippen molar-refractivity contribution in [3.63, 3.8) is 0 Å². The van der Waals surface area contributed by atoms with Crippen molar-refractivity contribution < 1.29 is 0 Å². The lowest BCUT2D eigenvalue weighted by molar-refractivity contribution is 0.463. The van der Waals surface area contributed by atoms with Gasteiger partial charge in [0.2, 0.25) is 0 Å². The van der Waals surface area contributed by atoms with Gasteiger partial charge in [-0.15, -0.1) is 0 Å². The van der Waals surface area contributed by atoms with Gasteiger partial charge in [-0.1, -0.05) is 6.92 Å². The molecule has 2 aromatic rings. The second-order valence-corrected chi connectivity index (χ2v) is 5.06. The number of aryl methyl sites for hydroxylation is 1.